The van der Waals surface area contributed by atoms with Gasteiger partial charge in [-0.1, -0.05) is 0 Å². The van der Waals surface area contributed by atoms with Gasteiger partial charge in [-0.25, -0.2) is 4.39 Å². The number of nitrogens with zero attached hydrogens (tertiary/aromatic N) is 2. The highest BCUT2D eigenvalue weighted by molar-refractivity contribution is 7.98. The van der Waals surface area contributed by atoms with Crippen molar-refractivity contribution in [2.24, 2.45) is 0 Å². The molecular weight excluding hydrogens is 235 g/mol. The molecule has 1 aromatic heterocycles. The van der Waals surface area contributed by atoms with E-state index in [2.05, 4.69) is 11.1 Å². The molecular formula is C13H9FN2S. The predicted octanol–water partition coefficient (Wildman–Crippen LogP) is 3.38. The van der Waals surface area contributed by atoms with Gasteiger partial charge in [0.05, 0.1) is 11.6 Å². The Labute approximate surface area is 103 Å². The van der Waals surface area contributed by atoms with Gasteiger partial charge in [-0.3, -0.25) is 4.98 Å². The zero-order valence-electron chi connectivity index (χ0n) is 8.93. The second kappa shape index (κ2) is 5.46. The molecule has 4 heteroatoms. The lowest BCUT2D eigenvalue weighted by Gasteiger charge is -2.04. The minimum absolute atomic E-state index is 0.311. The summed E-state index contributed by atoms with van der Waals surface area (Å²) in [7, 11) is 0. The Hall–Kier alpha value is -1.86. The van der Waals surface area contributed by atoms with Crippen molar-refractivity contribution in [3.63, 3.8) is 0 Å². The Bertz CT molecular complexity index is 549. The molecule has 0 radical (unpaired) electrons. The van der Waals surface area contributed by atoms with Crippen molar-refractivity contribution in [2.45, 2.75) is 10.6 Å². The summed E-state index contributed by atoms with van der Waals surface area (Å²) in [6, 6.07) is 10.1. The average Bonchev–Trinajstić information content (AvgIpc) is 2.38. The van der Waals surface area contributed by atoms with Crippen LogP contribution in [0.4, 0.5) is 4.39 Å². The van der Waals surface area contributed by atoms with Crippen LogP contribution in [0.3, 0.4) is 0 Å². The molecule has 0 amide bonds. The van der Waals surface area contributed by atoms with Crippen LogP contribution in [-0.2, 0) is 5.75 Å². The van der Waals surface area contributed by atoms with Crippen molar-refractivity contribution in [2.75, 3.05) is 0 Å². The largest absolute Gasteiger partial charge is 0.265 e. The Balaban J connectivity index is 2.14. The number of pyridine rings is 1. The SMILES string of the molecule is N#Cc1ccc(F)cc1CSc1ccncc1. The molecule has 0 spiro atoms. The van der Waals surface area contributed by atoms with Crippen molar-refractivity contribution in [1.29, 1.82) is 5.26 Å². The number of halogens is 1. The van der Waals surface area contributed by atoms with Crippen LogP contribution >= 0.6 is 11.8 Å². The normalized spacial score (nSPS) is 9.88. The van der Waals surface area contributed by atoms with Crippen molar-refractivity contribution in [1.82, 2.24) is 4.98 Å². The van der Waals surface area contributed by atoms with Crippen LogP contribution in [0.25, 0.3) is 0 Å². The van der Waals surface area contributed by atoms with E-state index in [1.165, 1.54) is 18.2 Å². The molecule has 0 saturated carbocycles. The number of hydrogen-bond acceptors (Lipinski definition) is 3. The maximum Gasteiger partial charge on any atom is 0.123 e. The van der Waals surface area contributed by atoms with E-state index in [1.807, 2.05) is 12.1 Å². The molecule has 2 rings (SSSR count). The van der Waals surface area contributed by atoms with Crippen LogP contribution in [-0.4, -0.2) is 4.98 Å². The van der Waals surface area contributed by atoms with Gasteiger partial charge in [0.15, 0.2) is 0 Å². The standard InChI is InChI=1S/C13H9FN2S/c14-12-2-1-10(8-15)11(7-12)9-17-13-3-5-16-6-4-13/h1-7H,9H2. The van der Waals surface area contributed by atoms with Gasteiger partial charge in [0.25, 0.3) is 0 Å². The van der Waals surface area contributed by atoms with Crippen LogP contribution in [0.1, 0.15) is 11.1 Å². The molecule has 0 atom stereocenters. The minimum atomic E-state index is -0.311. The molecule has 17 heavy (non-hydrogen) atoms. The van der Waals surface area contributed by atoms with Crippen LogP contribution < -0.4 is 0 Å². The van der Waals surface area contributed by atoms with Crippen molar-refractivity contribution >= 4 is 11.8 Å². The van der Waals surface area contributed by atoms with Gasteiger partial charge in [-0.15, -0.1) is 11.8 Å². The zero-order valence-corrected chi connectivity index (χ0v) is 9.75. The first-order chi connectivity index (χ1) is 8.29. The van der Waals surface area contributed by atoms with Crippen molar-refractivity contribution in [3.05, 3.63) is 59.7 Å². The third-order valence-corrected chi connectivity index (χ3v) is 3.29. The van der Waals surface area contributed by atoms with E-state index in [9.17, 15) is 4.39 Å². The molecule has 2 aromatic rings. The van der Waals surface area contributed by atoms with Crippen LogP contribution in [0.15, 0.2) is 47.6 Å². The third-order valence-electron chi connectivity index (χ3n) is 2.23. The maximum absolute atomic E-state index is 13.1. The number of hydrogen-bond donors (Lipinski definition) is 0. The summed E-state index contributed by atoms with van der Waals surface area (Å²) in [5, 5.41) is 8.91. The number of nitriles is 1. The van der Waals surface area contributed by atoms with Gasteiger partial charge in [0.1, 0.15) is 5.82 Å². The average molecular weight is 244 g/mol. The second-order valence-electron chi connectivity index (χ2n) is 3.38. The summed E-state index contributed by atoms with van der Waals surface area (Å²) < 4.78 is 13.1. The van der Waals surface area contributed by atoms with Crippen molar-refractivity contribution in [3.8, 4) is 6.07 Å². The Morgan fingerprint density at radius 3 is 2.71 bits per heavy atom. The lowest BCUT2D eigenvalue weighted by molar-refractivity contribution is 0.626. The van der Waals surface area contributed by atoms with Gasteiger partial charge in [0.2, 0.25) is 0 Å². The van der Waals surface area contributed by atoms with Gasteiger partial charge < -0.3 is 0 Å². The summed E-state index contributed by atoms with van der Waals surface area (Å²) >= 11 is 1.55. The highest BCUT2D eigenvalue weighted by atomic mass is 32.2. The molecule has 0 saturated heterocycles. The first-order valence-corrected chi connectivity index (χ1v) is 5.99. The van der Waals surface area contributed by atoms with E-state index in [-0.39, 0.29) is 5.82 Å². The summed E-state index contributed by atoms with van der Waals surface area (Å²) in [5.74, 6) is 0.263. The van der Waals surface area contributed by atoms with Crippen LogP contribution in [0, 0.1) is 17.1 Å². The van der Waals surface area contributed by atoms with Crippen LogP contribution in [0.5, 0.6) is 0 Å². The molecule has 0 bridgehead atoms. The fourth-order valence-corrected chi connectivity index (χ4v) is 2.26. The van der Waals surface area contributed by atoms with E-state index in [1.54, 1.807) is 24.2 Å². The molecule has 0 unspecified atom stereocenters. The number of benzene rings is 1. The Kier molecular flexibility index (Phi) is 3.73. The quantitative estimate of drug-likeness (QED) is 0.776. The number of thioether (sulfide) groups is 1. The van der Waals surface area contributed by atoms with Gasteiger partial charge in [-0.05, 0) is 35.9 Å². The number of aromatic nitrogens is 1. The lowest BCUT2D eigenvalue weighted by atomic mass is 10.1. The second-order valence-corrected chi connectivity index (χ2v) is 4.43. The van der Waals surface area contributed by atoms with Gasteiger partial charge in [-0.2, -0.15) is 5.26 Å². The Morgan fingerprint density at radius 1 is 1.24 bits per heavy atom. The highest BCUT2D eigenvalue weighted by Gasteiger charge is 2.04. The molecule has 0 aliphatic rings. The topological polar surface area (TPSA) is 36.7 Å². The maximum atomic E-state index is 13.1. The van der Waals surface area contributed by atoms with Gasteiger partial charge in [0, 0.05) is 23.0 Å². The lowest BCUT2D eigenvalue weighted by Crippen LogP contribution is -1.89. The fourth-order valence-electron chi connectivity index (χ4n) is 1.39. The Morgan fingerprint density at radius 2 is 2.00 bits per heavy atom. The summed E-state index contributed by atoms with van der Waals surface area (Å²) in [5.41, 5.74) is 1.24. The van der Waals surface area contributed by atoms with Gasteiger partial charge >= 0.3 is 0 Å². The van der Waals surface area contributed by atoms with E-state index >= 15 is 0 Å². The molecule has 1 aromatic carbocycles. The fraction of sp³-hybridized carbons (Fsp3) is 0.0769. The monoisotopic (exact) mass is 244 g/mol. The van der Waals surface area contributed by atoms with E-state index in [0.29, 0.717) is 16.9 Å². The third kappa shape index (κ3) is 3.05. The van der Waals surface area contributed by atoms with E-state index in [0.717, 1.165) is 4.90 Å². The molecule has 0 aliphatic carbocycles. The molecule has 2 nitrogen and oxygen atoms in total. The molecule has 1 heterocycles. The predicted molar refractivity (Wildman–Crippen MR) is 64.9 cm³/mol. The summed E-state index contributed by atoms with van der Waals surface area (Å²) in [6.07, 6.45) is 3.41. The smallest absolute Gasteiger partial charge is 0.123 e. The molecule has 0 aliphatic heterocycles. The highest BCUT2D eigenvalue weighted by Crippen LogP contribution is 2.24. The van der Waals surface area contributed by atoms with Crippen molar-refractivity contribution < 1.29 is 4.39 Å². The zero-order chi connectivity index (χ0) is 12.1. The van der Waals surface area contributed by atoms with E-state index in [4.69, 9.17) is 5.26 Å². The summed E-state index contributed by atoms with van der Waals surface area (Å²) in [6.45, 7) is 0. The van der Waals surface area contributed by atoms with Crippen LogP contribution in [0.2, 0.25) is 0 Å². The molecule has 84 valence electrons. The minimum Gasteiger partial charge on any atom is -0.265 e. The first kappa shape index (κ1) is 11.6. The molecule has 0 N–H and O–H groups in total. The summed E-state index contributed by atoms with van der Waals surface area (Å²) in [4.78, 5) is 4.97. The first-order valence-electron chi connectivity index (χ1n) is 5.01. The van der Waals surface area contributed by atoms with E-state index < -0.39 is 0 Å². The molecule has 0 fully saturated rings. The number of rotatable bonds is 3.